The van der Waals surface area contributed by atoms with E-state index in [0.717, 1.165) is 29.1 Å². The number of aromatic nitrogens is 2. The zero-order valence-electron chi connectivity index (χ0n) is 21.2. The van der Waals surface area contributed by atoms with E-state index in [1.54, 1.807) is 0 Å². The molecule has 3 atom stereocenters. The van der Waals surface area contributed by atoms with Crippen LogP contribution in [0.25, 0.3) is 0 Å². The van der Waals surface area contributed by atoms with Crippen LogP contribution in [0.4, 0.5) is 11.5 Å². The van der Waals surface area contributed by atoms with Crippen LogP contribution < -0.4 is 15.4 Å². The quantitative estimate of drug-likeness (QED) is 0.325. The van der Waals surface area contributed by atoms with Gasteiger partial charge in [-0.1, -0.05) is 6.07 Å². The van der Waals surface area contributed by atoms with Crippen molar-refractivity contribution in [3.63, 3.8) is 0 Å². The van der Waals surface area contributed by atoms with Gasteiger partial charge in [-0.15, -0.1) is 11.3 Å². The minimum Gasteiger partial charge on any atom is -0.393 e. The molecular formula is C26H28N6O5S2. The van der Waals surface area contributed by atoms with Gasteiger partial charge in [-0.2, -0.15) is 13.7 Å². The van der Waals surface area contributed by atoms with Gasteiger partial charge in [0.25, 0.3) is 0 Å². The Hall–Kier alpha value is -3.41. The molecule has 4 N–H and O–H groups in total. The Morgan fingerprint density at radius 2 is 2.18 bits per heavy atom. The van der Waals surface area contributed by atoms with Crippen molar-refractivity contribution in [3.05, 3.63) is 68.8 Å². The summed E-state index contributed by atoms with van der Waals surface area (Å²) in [4.78, 5) is 25.7. The van der Waals surface area contributed by atoms with E-state index in [4.69, 9.17) is 5.14 Å². The summed E-state index contributed by atoms with van der Waals surface area (Å²) in [7, 11) is -4.10. The summed E-state index contributed by atoms with van der Waals surface area (Å²) in [6.07, 6.45) is 3.70. The van der Waals surface area contributed by atoms with Gasteiger partial charge in [0.05, 0.1) is 34.8 Å². The molecule has 0 bridgehead atoms. The Morgan fingerprint density at radius 1 is 1.36 bits per heavy atom. The standard InChI is InChI=1S/C26H28N6O5S2/c1-15-18(12-32-5-4-17-3-2-16(10-27)6-22(17)32)8-24(38-15)25(34)21-11-29-14-30-26(21)31-20-7-19(23(33)9-20)13-37-39(28,35)36/h2-3,6,8,11,14,19-20,23,33H,4-5,7,9,12-13H2,1H3,(H2,28,35,36)(H,29,30,31)/t19-,20-,23+/m1/s1. The van der Waals surface area contributed by atoms with E-state index in [1.165, 1.54) is 29.4 Å². The van der Waals surface area contributed by atoms with E-state index in [-0.39, 0.29) is 18.4 Å². The number of anilines is 2. The van der Waals surface area contributed by atoms with Gasteiger partial charge >= 0.3 is 10.3 Å². The van der Waals surface area contributed by atoms with Crippen molar-refractivity contribution in [3.8, 4) is 6.07 Å². The molecular weight excluding hydrogens is 540 g/mol. The second kappa shape index (κ2) is 11.0. The normalized spacial score (nSPS) is 20.6. The van der Waals surface area contributed by atoms with Gasteiger partial charge in [0.2, 0.25) is 5.78 Å². The van der Waals surface area contributed by atoms with Crippen LogP contribution in [0, 0.1) is 24.2 Å². The number of nitrogens with zero attached hydrogens (tertiary/aromatic N) is 4. The average molecular weight is 569 g/mol. The van der Waals surface area contributed by atoms with E-state index >= 15 is 0 Å². The van der Waals surface area contributed by atoms with Crippen molar-refractivity contribution in [2.75, 3.05) is 23.4 Å². The molecule has 0 saturated heterocycles. The number of aliphatic hydroxyl groups is 1. The summed E-state index contributed by atoms with van der Waals surface area (Å²) >= 11 is 1.41. The van der Waals surface area contributed by atoms with Crippen molar-refractivity contribution >= 4 is 38.9 Å². The average Bonchev–Trinajstić information content (AvgIpc) is 3.59. The summed E-state index contributed by atoms with van der Waals surface area (Å²) in [5.41, 5.74) is 4.25. The fourth-order valence-corrected chi connectivity index (χ4v) is 6.55. The highest BCUT2D eigenvalue weighted by Crippen LogP contribution is 2.34. The third-order valence-corrected chi connectivity index (χ3v) is 8.77. The summed E-state index contributed by atoms with van der Waals surface area (Å²) in [5.74, 6) is -0.284. The highest BCUT2D eigenvalue weighted by Gasteiger charge is 2.35. The molecule has 1 fully saturated rings. The van der Waals surface area contributed by atoms with Crippen molar-refractivity contribution in [1.29, 1.82) is 5.26 Å². The highest BCUT2D eigenvalue weighted by atomic mass is 32.2. The molecule has 0 amide bonds. The maximum atomic E-state index is 13.6. The van der Waals surface area contributed by atoms with Gasteiger partial charge in [0.1, 0.15) is 12.1 Å². The third kappa shape index (κ3) is 6.10. The molecule has 3 heterocycles. The van der Waals surface area contributed by atoms with Crippen molar-refractivity contribution in [1.82, 2.24) is 9.97 Å². The molecule has 0 unspecified atom stereocenters. The Kier molecular flexibility index (Phi) is 7.66. The number of aryl methyl sites for hydroxylation is 1. The third-order valence-electron chi connectivity index (χ3n) is 7.21. The molecule has 2 aliphatic rings. The number of hydrogen-bond acceptors (Lipinski definition) is 11. The zero-order valence-corrected chi connectivity index (χ0v) is 22.8. The molecule has 11 nitrogen and oxygen atoms in total. The number of hydrogen-bond donors (Lipinski definition) is 3. The van der Waals surface area contributed by atoms with E-state index < -0.39 is 22.3 Å². The van der Waals surface area contributed by atoms with Crippen LogP contribution in [0.2, 0.25) is 0 Å². The predicted molar refractivity (Wildman–Crippen MR) is 146 cm³/mol. The van der Waals surface area contributed by atoms with Gasteiger partial charge in [-0.25, -0.2) is 15.1 Å². The Morgan fingerprint density at radius 3 is 2.95 bits per heavy atom. The lowest BCUT2D eigenvalue weighted by molar-refractivity contribution is 0.101. The fraction of sp³-hybridized carbons (Fsp3) is 0.385. The van der Waals surface area contributed by atoms with E-state index in [0.29, 0.717) is 41.2 Å². The predicted octanol–water partition coefficient (Wildman–Crippen LogP) is 2.28. The number of carbonyl (C=O) groups is 1. The van der Waals surface area contributed by atoms with Crippen LogP contribution in [-0.4, -0.2) is 54.6 Å². The molecule has 0 spiro atoms. The number of thiophene rings is 1. The topological polar surface area (TPSA) is 172 Å². The number of rotatable bonds is 9. The second-order valence-electron chi connectivity index (χ2n) is 9.85. The SMILES string of the molecule is Cc1sc(C(=O)c2cncnc2N[C@@H]2C[C@H](COS(N)(=O)=O)[C@@H](O)C2)cc1CN1CCc2ccc(C#N)cc21. The number of ketones is 1. The van der Waals surface area contributed by atoms with E-state index in [9.17, 15) is 23.6 Å². The van der Waals surface area contributed by atoms with Crippen molar-refractivity contribution in [2.24, 2.45) is 11.1 Å². The van der Waals surface area contributed by atoms with Gasteiger partial charge in [-0.05, 0) is 55.5 Å². The first-order valence-electron chi connectivity index (χ1n) is 12.4. The molecule has 1 aliphatic carbocycles. The summed E-state index contributed by atoms with van der Waals surface area (Å²) < 4.78 is 26.9. The molecule has 3 aromatic rings. The molecule has 0 radical (unpaired) electrons. The molecule has 1 aliphatic heterocycles. The lowest BCUT2D eigenvalue weighted by Crippen LogP contribution is -2.24. The molecule has 39 heavy (non-hydrogen) atoms. The number of nitriles is 1. The minimum atomic E-state index is -4.10. The number of fused-ring (bicyclic) bond motifs is 1. The summed E-state index contributed by atoms with van der Waals surface area (Å²) in [6.45, 7) is 3.25. The summed E-state index contributed by atoms with van der Waals surface area (Å²) in [5, 5.41) is 27.8. The first-order valence-corrected chi connectivity index (χ1v) is 14.7. The van der Waals surface area contributed by atoms with Crippen LogP contribution in [0.15, 0.2) is 36.8 Å². The van der Waals surface area contributed by atoms with E-state index in [2.05, 4.69) is 30.4 Å². The van der Waals surface area contributed by atoms with Gasteiger partial charge in [-0.3, -0.25) is 8.98 Å². The molecule has 1 saturated carbocycles. The largest absolute Gasteiger partial charge is 0.393 e. The number of nitrogens with two attached hydrogens (primary N) is 1. The smallest absolute Gasteiger partial charge is 0.333 e. The van der Waals surface area contributed by atoms with Crippen LogP contribution in [0.1, 0.15) is 49.6 Å². The Balaban J connectivity index is 1.30. The number of carbonyl (C=O) groups excluding carboxylic acids is 1. The number of nitrogens with one attached hydrogen (secondary N) is 1. The van der Waals surface area contributed by atoms with Crippen molar-refractivity contribution in [2.45, 2.75) is 44.9 Å². The fourth-order valence-electron chi connectivity index (χ4n) is 5.19. The molecule has 13 heteroatoms. The molecule has 1 aromatic carbocycles. The van der Waals surface area contributed by atoms with Crippen LogP contribution in [0.5, 0.6) is 0 Å². The molecule has 204 valence electrons. The number of aliphatic hydroxyl groups excluding tert-OH is 1. The van der Waals surface area contributed by atoms with Crippen LogP contribution >= 0.6 is 11.3 Å². The molecule has 5 rings (SSSR count). The highest BCUT2D eigenvalue weighted by molar-refractivity contribution is 7.84. The Bertz CT molecular complexity index is 1550. The minimum absolute atomic E-state index is 0.210. The maximum Gasteiger partial charge on any atom is 0.333 e. The first kappa shape index (κ1) is 27.2. The monoisotopic (exact) mass is 568 g/mol. The first-order chi connectivity index (χ1) is 18.6. The van der Waals surface area contributed by atoms with Gasteiger partial charge in [0.15, 0.2) is 0 Å². The lowest BCUT2D eigenvalue weighted by atomic mass is 10.1. The van der Waals surface area contributed by atoms with E-state index in [1.807, 2.05) is 31.2 Å². The number of benzene rings is 1. The van der Waals surface area contributed by atoms with Crippen LogP contribution in [0.3, 0.4) is 0 Å². The van der Waals surface area contributed by atoms with Crippen molar-refractivity contribution < 1.29 is 22.5 Å². The maximum absolute atomic E-state index is 13.6. The second-order valence-corrected chi connectivity index (χ2v) is 12.3. The Labute approximate surface area is 230 Å². The zero-order chi connectivity index (χ0) is 27.7. The van der Waals surface area contributed by atoms with Crippen LogP contribution in [-0.2, 0) is 27.5 Å². The molecule has 2 aromatic heterocycles. The summed E-state index contributed by atoms with van der Waals surface area (Å²) in [6, 6.07) is 9.63. The lowest BCUT2D eigenvalue weighted by Gasteiger charge is -2.19. The van der Waals surface area contributed by atoms with Gasteiger partial charge in [0, 0.05) is 41.8 Å². The van der Waals surface area contributed by atoms with Gasteiger partial charge < -0.3 is 15.3 Å².